The molecule has 0 radical (unpaired) electrons. The maximum Gasteiger partial charge on any atom is 0.141 e. The number of halogens is 2. The molecular weight excluding hydrogens is 599 g/mol. The molecule has 0 atom stereocenters. The van der Waals surface area contributed by atoms with Crippen LogP contribution in [0.1, 0.15) is 24.0 Å². The Morgan fingerprint density at radius 1 is 0.705 bits per heavy atom. The van der Waals surface area contributed by atoms with E-state index in [0.717, 1.165) is 61.5 Å². The van der Waals surface area contributed by atoms with Crippen molar-refractivity contribution in [1.82, 2.24) is 19.8 Å². The van der Waals surface area contributed by atoms with E-state index in [-0.39, 0.29) is 0 Å². The van der Waals surface area contributed by atoms with Gasteiger partial charge in [-0.15, -0.1) is 0 Å². The standard InChI is InChI=1S/C34H38Cl2N4O4/c1-39(20-22-6-10-37-27(14-22)24-16-29(41-2)33(35)30(17-24)42-3)26-8-12-40(13-9-26)21-23-7-11-38-28(15-23)25-18-31(43-4)34(36)32(19-25)44-5/h6-7,10-11,14-19,26H,8-9,12-13,20-21H2,1-5H3. The maximum absolute atomic E-state index is 6.37. The highest BCUT2D eigenvalue weighted by Gasteiger charge is 2.23. The minimum absolute atomic E-state index is 0.452. The van der Waals surface area contributed by atoms with E-state index in [0.29, 0.717) is 39.1 Å². The van der Waals surface area contributed by atoms with Gasteiger partial charge in [0.15, 0.2) is 0 Å². The average molecular weight is 638 g/mol. The van der Waals surface area contributed by atoms with Crippen LogP contribution in [0.25, 0.3) is 22.5 Å². The van der Waals surface area contributed by atoms with Crippen molar-refractivity contribution in [2.24, 2.45) is 0 Å². The number of hydrogen-bond acceptors (Lipinski definition) is 8. The second kappa shape index (κ2) is 14.5. The van der Waals surface area contributed by atoms with Crippen LogP contribution in [0, 0.1) is 0 Å². The Morgan fingerprint density at radius 3 is 1.59 bits per heavy atom. The smallest absolute Gasteiger partial charge is 0.141 e. The molecule has 3 heterocycles. The van der Waals surface area contributed by atoms with Gasteiger partial charge in [0.25, 0.3) is 0 Å². The van der Waals surface area contributed by atoms with Crippen LogP contribution < -0.4 is 18.9 Å². The summed E-state index contributed by atoms with van der Waals surface area (Å²) in [6.07, 6.45) is 5.92. The molecule has 44 heavy (non-hydrogen) atoms. The summed E-state index contributed by atoms with van der Waals surface area (Å²) in [5, 5.41) is 0.906. The molecule has 0 spiro atoms. The Hall–Kier alpha value is -3.56. The summed E-state index contributed by atoms with van der Waals surface area (Å²) in [6, 6.07) is 16.5. The van der Waals surface area contributed by atoms with Crippen LogP contribution in [0.4, 0.5) is 0 Å². The highest BCUT2D eigenvalue weighted by atomic mass is 35.5. The Bertz CT molecular complexity index is 1540. The molecule has 232 valence electrons. The Morgan fingerprint density at radius 2 is 1.14 bits per heavy atom. The van der Waals surface area contributed by atoms with Crippen LogP contribution in [0.15, 0.2) is 60.9 Å². The van der Waals surface area contributed by atoms with Crippen molar-refractivity contribution in [3.05, 3.63) is 82.1 Å². The van der Waals surface area contributed by atoms with E-state index in [1.807, 2.05) is 36.7 Å². The van der Waals surface area contributed by atoms with Gasteiger partial charge in [-0.25, -0.2) is 0 Å². The average Bonchev–Trinajstić information content (AvgIpc) is 3.05. The van der Waals surface area contributed by atoms with E-state index in [9.17, 15) is 0 Å². The number of likely N-dealkylation sites (tertiary alicyclic amines) is 1. The van der Waals surface area contributed by atoms with E-state index in [2.05, 4.69) is 51.1 Å². The number of aromatic nitrogens is 2. The lowest BCUT2D eigenvalue weighted by Gasteiger charge is -2.37. The van der Waals surface area contributed by atoms with Gasteiger partial charge < -0.3 is 18.9 Å². The topological polar surface area (TPSA) is 69.2 Å². The monoisotopic (exact) mass is 636 g/mol. The van der Waals surface area contributed by atoms with Crippen molar-refractivity contribution in [3.63, 3.8) is 0 Å². The molecule has 4 aromatic rings. The van der Waals surface area contributed by atoms with Gasteiger partial charge in [-0.3, -0.25) is 19.8 Å². The maximum atomic E-state index is 6.37. The van der Waals surface area contributed by atoms with Crippen molar-refractivity contribution >= 4 is 23.2 Å². The first-order valence-electron chi connectivity index (χ1n) is 14.5. The Balaban J connectivity index is 1.20. The van der Waals surface area contributed by atoms with Crippen LogP contribution in [0.2, 0.25) is 10.0 Å². The van der Waals surface area contributed by atoms with Crippen LogP contribution in [-0.2, 0) is 13.1 Å². The lowest BCUT2D eigenvalue weighted by Crippen LogP contribution is -2.42. The first kappa shape index (κ1) is 31.9. The van der Waals surface area contributed by atoms with Crippen LogP contribution in [-0.4, -0.2) is 74.4 Å². The van der Waals surface area contributed by atoms with E-state index in [1.165, 1.54) is 11.1 Å². The molecule has 0 saturated carbocycles. The van der Waals surface area contributed by atoms with E-state index in [4.69, 9.17) is 42.1 Å². The second-order valence-electron chi connectivity index (χ2n) is 10.9. The zero-order chi connectivity index (χ0) is 31.2. The predicted octanol–water partition coefficient (Wildman–Crippen LogP) is 7.25. The summed E-state index contributed by atoms with van der Waals surface area (Å²) >= 11 is 12.7. The third-order valence-corrected chi connectivity index (χ3v) is 8.90. The zero-order valence-corrected chi connectivity index (χ0v) is 27.3. The van der Waals surface area contributed by atoms with Gasteiger partial charge in [-0.2, -0.15) is 0 Å². The van der Waals surface area contributed by atoms with Crippen LogP contribution in [0.3, 0.4) is 0 Å². The molecule has 1 aliphatic heterocycles. The fraction of sp³-hybridized carbons (Fsp3) is 0.353. The van der Waals surface area contributed by atoms with Gasteiger partial charge in [0.1, 0.15) is 33.0 Å². The van der Waals surface area contributed by atoms with Gasteiger partial charge in [0.05, 0.1) is 39.8 Å². The summed E-state index contributed by atoms with van der Waals surface area (Å²) in [7, 11) is 8.60. The molecular formula is C34H38Cl2N4O4. The lowest BCUT2D eigenvalue weighted by atomic mass is 10.0. The third kappa shape index (κ3) is 7.21. The molecule has 0 amide bonds. The number of ether oxygens (including phenoxy) is 4. The van der Waals surface area contributed by atoms with Crippen LogP contribution >= 0.6 is 23.2 Å². The molecule has 8 nitrogen and oxygen atoms in total. The minimum atomic E-state index is 0.452. The number of rotatable bonds is 11. The molecule has 10 heteroatoms. The van der Waals surface area contributed by atoms with Crippen LogP contribution in [0.5, 0.6) is 23.0 Å². The quantitative estimate of drug-likeness (QED) is 0.171. The van der Waals surface area contributed by atoms with Gasteiger partial charge in [-0.1, -0.05) is 23.2 Å². The molecule has 0 aliphatic carbocycles. The molecule has 0 unspecified atom stereocenters. The van der Waals surface area contributed by atoms with Gasteiger partial charge in [0.2, 0.25) is 0 Å². The van der Waals surface area contributed by atoms with Crippen molar-refractivity contribution in [1.29, 1.82) is 0 Å². The number of piperidine rings is 1. The Kier molecular flexibility index (Phi) is 10.5. The second-order valence-corrected chi connectivity index (χ2v) is 11.7. The molecule has 2 aromatic carbocycles. The summed E-state index contributed by atoms with van der Waals surface area (Å²) in [6.45, 7) is 3.77. The number of pyridine rings is 2. The fourth-order valence-corrected chi connectivity index (χ4v) is 6.22. The molecule has 2 aromatic heterocycles. The molecule has 1 saturated heterocycles. The third-order valence-electron chi connectivity index (χ3n) is 8.15. The molecule has 0 bridgehead atoms. The molecule has 1 fully saturated rings. The summed E-state index contributed by atoms with van der Waals surface area (Å²) in [5.41, 5.74) is 5.93. The van der Waals surface area contributed by atoms with E-state index in [1.54, 1.807) is 28.4 Å². The van der Waals surface area contributed by atoms with Gasteiger partial charge in [-0.05, 0) is 92.6 Å². The largest absolute Gasteiger partial charge is 0.495 e. The number of hydrogen-bond donors (Lipinski definition) is 0. The van der Waals surface area contributed by atoms with Crippen molar-refractivity contribution < 1.29 is 18.9 Å². The summed E-state index contributed by atoms with van der Waals surface area (Å²) in [4.78, 5) is 14.2. The minimum Gasteiger partial charge on any atom is -0.495 e. The zero-order valence-electron chi connectivity index (χ0n) is 25.8. The number of methoxy groups -OCH3 is 4. The SMILES string of the molecule is COc1cc(-c2cc(CN3CCC(N(C)Cc4ccnc(-c5cc(OC)c(Cl)c(OC)c5)c4)CC3)ccn2)cc(OC)c1Cl. The van der Waals surface area contributed by atoms with Crippen molar-refractivity contribution in [3.8, 4) is 45.5 Å². The lowest BCUT2D eigenvalue weighted by molar-refractivity contribution is 0.119. The summed E-state index contributed by atoms with van der Waals surface area (Å²) < 4.78 is 21.8. The van der Waals surface area contributed by atoms with Gasteiger partial charge >= 0.3 is 0 Å². The van der Waals surface area contributed by atoms with Crippen molar-refractivity contribution in [2.45, 2.75) is 32.0 Å². The Labute approximate surface area is 269 Å². The van der Waals surface area contributed by atoms with Crippen molar-refractivity contribution in [2.75, 3.05) is 48.6 Å². The van der Waals surface area contributed by atoms with E-state index < -0.39 is 0 Å². The highest BCUT2D eigenvalue weighted by Crippen LogP contribution is 2.39. The summed E-state index contributed by atoms with van der Waals surface area (Å²) in [5.74, 6) is 2.25. The molecule has 1 aliphatic rings. The normalized spacial score (nSPS) is 14.1. The fourth-order valence-electron chi connectivity index (χ4n) is 5.69. The number of benzene rings is 2. The first-order valence-corrected chi connectivity index (χ1v) is 15.2. The predicted molar refractivity (Wildman–Crippen MR) is 175 cm³/mol. The molecule has 5 rings (SSSR count). The first-order chi connectivity index (χ1) is 21.3. The number of nitrogens with zero attached hydrogens (tertiary/aromatic N) is 4. The molecule has 0 N–H and O–H groups in total. The van der Waals surface area contributed by atoms with E-state index >= 15 is 0 Å². The highest BCUT2D eigenvalue weighted by molar-refractivity contribution is 6.34. The van der Waals surface area contributed by atoms with Gasteiger partial charge in [0, 0.05) is 42.7 Å².